The van der Waals surface area contributed by atoms with Gasteiger partial charge < -0.3 is 9.63 Å². The number of benzene rings is 2. The third kappa shape index (κ3) is 8.81. The SMILES string of the molecule is C/C=C(\C=NC)c1c(C2=NC(c3cccc(C)c3)N(C)O2)cnn1C.C=O.CC.Cc1ccc(Cl)cc1. The first-order valence-corrected chi connectivity index (χ1v) is 12.4. The molecule has 7 nitrogen and oxygen atoms in total. The van der Waals surface area contributed by atoms with Crippen molar-refractivity contribution < 1.29 is 9.63 Å². The molecule has 0 bridgehead atoms. The van der Waals surface area contributed by atoms with E-state index in [2.05, 4.69) is 35.2 Å². The van der Waals surface area contributed by atoms with E-state index in [1.54, 1.807) is 18.3 Å². The van der Waals surface area contributed by atoms with Gasteiger partial charge in [-0.2, -0.15) is 5.10 Å². The fraction of sp³-hybridized carbons (Fsp3) is 0.310. The van der Waals surface area contributed by atoms with Gasteiger partial charge in [0.15, 0.2) is 6.17 Å². The molecule has 0 radical (unpaired) electrons. The fourth-order valence-corrected chi connectivity index (χ4v) is 3.64. The minimum atomic E-state index is -0.170. The zero-order valence-corrected chi connectivity index (χ0v) is 23.8. The molecule has 0 spiro atoms. The van der Waals surface area contributed by atoms with E-state index in [1.165, 1.54) is 11.1 Å². The maximum absolute atomic E-state index is 8.00. The van der Waals surface area contributed by atoms with Crippen LogP contribution in [-0.4, -0.2) is 47.8 Å². The van der Waals surface area contributed by atoms with Crippen LogP contribution in [0.3, 0.4) is 0 Å². The Bertz CT molecular complexity index is 1180. The minimum Gasteiger partial charge on any atom is -0.383 e. The smallest absolute Gasteiger partial charge is 0.246 e. The molecule has 1 atom stereocenters. The first-order valence-electron chi connectivity index (χ1n) is 12.0. The van der Waals surface area contributed by atoms with Crippen molar-refractivity contribution in [3.05, 3.63) is 93.8 Å². The first-order chi connectivity index (χ1) is 17.8. The number of allylic oxidation sites excluding steroid dienone is 2. The molecule has 0 saturated heterocycles. The average molecular weight is 524 g/mol. The van der Waals surface area contributed by atoms with Crippen molar-refractivity contribution in [1.82, 2.24) is 14.8 Å². The van der Waals surface area contributed by atoms with Crippen molar-refractivity contribution in [1.29, 1.82) is 0 Å². The van der Waals surface area contributed by atoms with Crippen molar-refractivity contribution in [3.63, 3.8) is 0 Å². The molecule has 1 unspecified atom stereocenters. The zero-order valence-electron chi connectivity index (χ0n) is 23.1. The highest BCUT2D eigenvalue weighted by molar-refractivity contribution is 6.30. The van der Waals surface area contributed by atoms with Crippen LogP contribution in [0.1, 0.15) is 54.9 Å². The van der Waals surface area contributed by atoms with Gasteiger partial charge in [-0.05, 0) is 38.5 Å². The Kier molecular flexibility index (Phi) is 13.8. The summed E-state index contributed by atoms with van der Waals surface area (Å²) >= 11 is 5.61. The second-order valence-electron chi connectivity index (χ2n) is 7.82. The Hall–Kier alpha value is -3.55. The first kappa shape index (κ1) is 31.5. The molecular weight excluding hydrogens is 486 g/mol. The molecule has 1 aromatic heterocycles. The number of hydrogen-bond acceptors (Lipinski definition) is 6. The van der Waals surface area contributed by atoms with E-state index in [0.717, 1.165) is 27.4 Å². The number of hydroxylamine groups is 2. The summed E-state index contributed by atoms with van der Waals surface area (Å²) in [4.78, 5) is 22.9. The maximum atomic E-state index is 8.00. The Labute approximate surface area is 226 Å². The maximum Gasteiger partial charge on any atom is 0.246 e. The van der Waals surface area contributed by atoms with Gasteiger partial charge in [-0.15, -0.1) is 5.06 Å². The van der Waals surface area contributed by atoms with Crippen molar-refractivity contribution in [2.75, 3.05) is 14.1 Å². The Morgan fingerprint density at radius 2 is 1.73 bits per heavy atom. The van der Waals surface area contributed by atoms with Crippen LogP contribution in [0.5, 0.6) is 0 Å². The number of hydrogen-bond donors (Lipinski definition) is 0. The largest absolute Gasteiger partial charge is 0.383 e. The highest BCUT2D eigenvalue weighted by atomic mass is 35.5. The molecule has 4 rings (SSSR count). The van der Waals surface area contributed by atoms with Gasteiger partial charge in [-0.3, -0.25) is 9.67 Å². The summed E-state index contributed by atoms with van der Waals surface area (Å²) in [5.41, 5.74) is 6.32. The topological polar surface area (TPSA) is 72.1 Å². The Balaban J connectivity index is 0.000000478. The number of nitrogens with zero attached hydrogens (tertiary/aromatic N) is 5. The molecule has 198 valence electrons. The van der Waals surface area contributed by atoms with E-state index in [0.29, 0.717) is 5.90 Å². The number of rotatable bonds is 4. The lowest BCUT2D eigenvalue weighted by molar-refractivity contribution is -0.0980. The zero-order chi connectivity index (χ0) is 28.0. The van der Waals surface area contributed by atoms with Crippen LogP contribution >= 0.6 is 11.6 Å². The molecule has 0 aliphatic carbocycles. The highest BCUT2D eigenvalue weighted by Gasteiger charge is 2.30. The number of carbonyl (C=O) groups is 1. The quantitative estimate of drug-likeness (QED) is 0.359. The van der Waals surface area contributed by atoms with Gasteiger partial charge in [0.25, 0.3) is 0 Å². The average Bonchev–Trinajstić information content (AvgIpc) is 3.49. The summed E-state index contributed by atoms with van der Waals surface area (Å²) in [5, 5.41) is 6.95. The monoisotopic (exact) mass is 523 g/mol. The normalized spacial score (nSPS) is 14.9. The molecule has 1 aliphatic heterocycles. The molecule has 8 heteroatoms. The van der Waals surface area contributed by atoms with Crippen LogP contribution in [0.4, 0.5) is 0 Å². The van der Waals surface area contributed by atoms with Crippen LogP contribution in [0.15, 0.2) is 70.8 Å². The highest BCUT2D eigenvalue weighted by Crippen LogP contribution is 2.30. The second kappa shape index (κ2) is 16.2. The summed E-state index contributed by atoms with van der Waals surface area (Å²) in [6.45, 7) is 12.1. The van der Waals surface area contributed by atoms with E-state index in [-0.39, 0.29) is 6.17 Å². The molecule has 0 amide bonds. The number of aliphatic imine (C=N–C) groups is 2. The molecule has 3 aromatic rings. The van der Waals surface area contributed by atoms with Crippen LogP contribution in [-0.2, 0) is 16.7 Å². The van der Waals surface area contributed by atoms with Gasteiger partial charge in [-0.25, -0.2) is 4.99 Å². The molecule has 37 heavy (non-hydrogen) atoms. The van der Waals surface area contributed by atoms with Crippen LogP contribution < -0.4 is 0 Å². The lowest BCUT2D eigenvalue weighted by Crippen LogP contribution is -2.19. The molecule has 0 N–H and O–H groups in total. The molecular formula is C29H38ClN5O2. The summed E-state index contributed by atoms with van der Waals surface area (Å²) in [6.07, 6.45) is 5.44. The number of halogens is 1. The van der Waals surface area contributed by atoms with Crippen molar-refractivity contribution in [2.45, 2.75) is 40.8 Å². The van der Waals surface area contributed by atoms with E-state index in [1.807, 2.05) is 95.9 Å². The van der Waals surface area contributed by atoms with Crippen LogP contribution in [0.2, 0.25) is 5.02 Å². The van der Waals surface area contributed by atoms with Gasteiger partial charge in [0, 0.05) is 38.0 Å². The summed E-state index contributed by atoms with van der Waals surface area (Å²) in [7, 11) is 5.55. The summed E-state index contributed by atoms with van der Waals surface area (Å²) < 4.78 is 1.82. The lowest BCUT2D eigenvalue weighted by atomic mass is 10.1. The van der Waals surface area contributed by atoms with E-state index in [9.17, 15) is 0 Å². The number of aryl methyl sites for hydroxylation is 3. The van der Waals surface area contributed by atoms with E-state index < -0.39 is 0 Å². The predicted molar refractivity (Wildman–Crippen MR) is 155 cm³/mol. The third-order valence-corrected chi connectivity index (χ3v) is 5.44. The Morgan fingerprint density at radius 1 is 1.08 bits per heavy atom. The third-order valence-electron chi connectivity index (χ3n) is 5.19. The van der Waals surface area contributed by atoms with Crippen molar-refractivity contribution >= 4 is 36.1 Å². The fourth-order valence-electron chi connectivity index (χ4n) is 3.52. The Morgan fingerprint density at radius 3 is 2.27 bits per heavy atom. The second-order valence-corrected chi connectivity index (χ2v) is 8.25. The van der Waals surface area contributed by atoms with Gasteiger partial charge in [0.05, 0.1) is 17.5 Å². The summed E-state index contributed by atoms with van der Waals surface area (Å²) in [5.74, 6) is 0.570. The molecule has 0 fully saturated rings. The van der Waals surface area contributed by atoms with Crippen molar-refractivity contribution in [3.8, 4) is 0 Å². The molecule has 0 saturated carbocycles. The minimum absolute atomic E-state index is 0.170. The standard InChI is InChI=1S/C19H23N5O.C7H7Cl.C2H6.CH2O/c1-6-14(11-20-3)17-16(12-21-23(17)4)19-22-18(24(5)25-19)15-9-7-8-13(2)10-15;1-6-2-4-7(8)5-3-6;2*1-2/h6-12,18H,1-5H3;2-5H,1H3;1-2H3;1H2/b14-6+,20-11?;;;. The number of carbonyl (C=O) groups excluding carboxylic acids is 1. The van der Waals surface area contributed by atoms with Crippen molar-refractivity contribution in [2.24, 2.45) is 17.0 Å². The van der Waals surface area contributed by atoms with Crippen LogP contribution in [0.25, 0.3) is 5.57 Å². The lowest BCUT2D eigenvalue weighted by Gasteiger charge is -2.16. The van der Waals surface area contributed by atoms with E-state index in [4.69, 9.17) is 26.2 Å². The van der Waals surface area contributed by atoms with Gasteiger partial charge in [-0.1, -0.05) is 79.0 Å². The molecule has 2 aromatic carbocycles. The molecule has 2 heterocycles. The van der Waals surface area contributed by atoms with Crippen LogP contribution in [0, 0.1) is 13.8 Å². The van der Waals surface area contributed by atoms with Gasteiger partial charge in [0.1, 0.15) is 6.79 Å². The summed E-state index contributed by atoms with van der Waals surface area (Å²) in [6, 6.07) is 16.1. The van der Waals surface area contributed by atoms with Gasteiger partial charge in [0.2, 0.25) is 5.90 Å². The molecule has 1 aliphatic rings. The predicted octanol–water partition coefficient (Wildman–Crippen LogP) is 6.64. The van der Waals surface area contributed by atoms with E-state index >= 15 is 0 Å². The van der Waals surface area contributed by atoms with Gasteiger partial charge >= 0.3 is 0 Å². The number of aromatic nitrogens is 2.